The lowest BCUT2D eigenvalue weighted by atomic mass is 9.76. The van der Waals surface area contributed by atoms with Gasteiger partial charge in [-0.05, 0) is 59.9 Å². The molecule has 0 aliphatic carbocycles. The molecule has 0 unspecified atom stereocenters. The van der Waals surface area contributed by atoms with Crippen LogP contribution in [0.3, 0.4) is 0 Å². The summed E-state index contributed by atoms with van der Waals surface area (Å²) >= 11 is 6.18. The van der Waals surface area contributed by atoms with E-state index in [1.165, 1.54) is 11.1 Å². The van der Waals surface area contributed by atoms with Gasteiger partial charge in [0, 0.05) is 17.7 Å². The van der Waals surface area contributed by atoms with Gasteiger partial charge in [-0.3, -0.25) is 4.79 Å². The molecule has 2 N–H and O–H groups in total. The fourth-order valence-corrected chi connectivity index (χ4v) is 3.81. The molecule has 0 aromatic heterocycles. The standard InChI is InChI=1S/C30H37ClN4O2/c1-7-29(3,4)21-11-14-27(24(18-21)30(5,6)8-2)37-17-9-10-28(36)35-22-12-13-25(31)26(19-22)34-23(20-33)15-16-32/h11-15,18-19,34H,7-10,17H2,1-6H3,(H,35,36)/b23-15+. The third-order valence-corrected chi connectivity index (χ3v) is 7.24. The van der Waals surface area contributed by atoms with E-state index in [9.17, 15) is 4.79 Å². The topological polar surface area (TPSA) is 97.9 Å². The van der Waals surface area contributed by atoms with Gasteiger partial charge >= 0.3 is 0 Å². The molecule has 0 atom stereocenters. The molecule has 0 saturated heterocycles. The first-order chi connectivity index (χ1) is 17.5. The zero-order chi connectivity index (χ0) is 27.6. The van der Waals surface area contributed by atoms with Crippen molar-refractivity contribution in [2.24, 2.45) is 0 Å². The highest BCUT2D eigenvalue weighted by Gasteiger charge is 2.26. The molecule has 196 valence electrons. The van der Waals surface area contributed by atoms with E-state index in [0.29, 0.717) is 29.4 Å². The van der Waals surface area contributed by atoms with Crippen molar-refractivity contribution in [2.45, 2.75) is 78.1 Å². The lowest BCUT2D eigenvalue weighted by molar-refractivity contribution is -0.116. The molecule has 2 aromatic carbocycles. The molecule has 7 heteroatoms. The van der Waals surface area contributed by atoms with Crippen molar-refractivity contribution < 1.29 is 9.53 Å². The fraction of sp³-hybridized carbons (Fsp3) is 0.433. The first-order valence-electron chi connectivity index (χ1n) is 12.6. The number of amides is 1. The number of anilines is 2. The van der Waals surface area contributed by atoms with Gasteiger partial charge in [-0.15, -0.1) is 0 Å². The number of nitrogens with zero attached hydrogens (tertiary/aromatic N) is 2. The van der Waals surface area contributed by atoms with Crippen LogP contribution in [0.2, 0.25) is 5.02 Å². The summed E-state index contributed by atoms with van der Waals surface area (Å²) in [6.07, 6.45) is 3.98. The second-order valence-electron chi connectivity index (χ2n) is 10.3. The summed E-state index contributed by atoms with van der Waals surface area (Å²) in [6.45, 7) is 13.8. The first-order valence-corrected chi connectivity index (χ1v) is 13.0. The summed E-state index contributed by atoms with van der Waals surface area (Å²) < 4.78 is 6.17. The predicted molar refractivity (Wildman–Crippen MR) is 151 cm³/mol. The molecule has 2 aromatic rings. The highest BCUT2D eigenvalue weighted by Crippen LogP contribution is 2.38. The van der Waals surface area contributed by atoms with E-state index in [4.69, 9.17) is 26.9 Å². The van der Waals surface area contributed by atoms with Gasteiger partial charge in [-0.25, -0.2) is 0 Å². The van der Waals surface area contributed by atoms with Crippen LogP contribution < -0.4 is 15.4 Å². The molecule has 6 nitrogen and oxygen atoms in total. The molecule has 0 aliphatic rings. The van der Waals surface area contributed by atoms with Crippen molar-refractivity contribution in [3.05, 3.63) is 64.3 Å². The van der Waals surface area contributed by atoms with Crippen LogP contribution in [0.1, 0.15) is 78.4 Å². The van der Waals surface area contributed by atoms with E-state index < -0.39 is 0 Å². The van der Waals surface area contributed by atoms with Crippen LogP contribution in [0.25, 0.3) is 0 Å². The molecular formula is C30H37ClN4O2. The Hall–Kier alpha value is -3.48. The Kier molecular flexibility index (Phi) is 10.6. The Labute approximate surface area is 226 Å². The van der Waals surface area contributed by atoms with Crippen LogP contribution in [0.15, 0.2) is 48.2 Å². The maximum absolute atomic E-state index is 12.5. The van der Waals surface area contributed by atoms with Gasteiger partial charge in [-0.1, -0.05) is 65.3 Å². The Morgan fingerprint density at radius 2 is 1.73 bits per heavy atom. The molecule has 0 fully saturated rings. The maximum atomic E-state index is 12.5. The molecule has 0 heterocycles. The second kappa shape index (κ2) is 13.2. The average Bonchev–Trinajstić information content (AvgIpc) is 2.88. The number of nitriles is 2. The zero-order valence-electron chi connectivity index (χ0n) is 22.7. The first kappa shape index (κ1) is 29.7. The van der Waals surface area contributed by atoms with E-state index in [1.54, 1.807) is 24.3 Å². The number of ether oxygens (including phenoxy) is 1. The molecule has 2 rings (SSSR count). The van der Waals surface area contributed by atoms with Gasteiger partial charge in [0.2, 0.25) is 5.91 Å². The van der Waals surface area contributed by atoms with E-state index in [0.717, 1.165) is 24.7 Å². The largest absolute Gasteiger partial charge is 0.493 e. The molecule has 0 bridgehead atoms. The number of allylic oxidation sites excluding steroid dienone is 2. The van der Waals surface area contributed by atoms with Gasteiger partial charge in [0.1, 0.15) is 17.5 Å². The molecule has 37 heavy (non-hydrogen) atoms. The molecule has 0 saturated carbocycles. The Balaban J connectivity index is 2.02. The van der Waals surface area contributed by atoms with Gasteiger partial charge < -0.3 is 15.4 Å². The minimum Gasteiger partial charge on any atom is -0.493 e. The highest BCUT2D eigenvalue weighted by molar-refractivity contribution is 6.33. The summed E-state index contributed by atoms with van der Waals surface area (Å²) in [5, 5.41) is 23.9. The van der Waals surface area contributed by atoms with Gasteiger partial charge in [0.05, 0.1) is 29.5 Å². The number of hydrogen-bond acceptors (Lipinski definition) is 5. The Morgan fingerprint density at radius 3 is 2.35 bits per heavy atom. The second-order valence-corrected chi connectivity index (χ2v) is 10.7. The van der Waals surface area contributed by atoms with Crippen molar-refractivity contribution in [1.82, 2.24) is 0 Å². The van der Waals surface area contributed by atoms with Crippen molar-refractivity contribution >= 4 is 28.9 Å². The number of nitrogens with one attached hydrogen (secondary N) is 2. The minimum atomic E-state index is -0.154. The SMILES string of the molecule is CCC(C)(C)c1ccc(OCCCC(=O)Nc2ccc(Cl)c(N/C(C#N)=C/C#N)c2)c(C(C)(C)CC)c1. The number of hydrogen-bond donors (Lipinski definition) is 2. The monoisotopic (exact) mass is 520 g/mol. The summed E-state index contributed by atoms with van der Waals surface area (Å²) in [6, 6.07) is 15.1. The average molecular weight is 521 g/mol. The minimum absolute atomic E-state index is 0.0271. The van der Waals surface area contributed by atoms with Crippen LogP contribution in [0, 0.1) is 22.7 Å². The third-order valence-electron chi connectivity index (χ3n) is 6.91. The van der Waals surface area contributed by atoms with Gasteiger partial charge in [0.25, 0.3) is 0 Å². The smallest absolute Gasteiger partial charge is 0.224 e. The lowest BCUT2D eigenvalue weighted by Gasteiger charge is -2.30. The molecule has 0 aliphatic heterocycles. The molecular weight excluding hydrogens is 484 g/mol. The van der Waals surface area contributed by atoms with Crippen molar-refractivity contribution in [3.8, 4) is 17.9 Å². The van der Waals surface area contributed by atoms with Crippen molar-refractivity contribution in [1.29, 1.82) is 10.5 Å². The van der Waals surface area contributed by atoms with Crippen LogP contribution in [0.5, 0.6) is 5.75 Å². The zero-order valence-corrected chi connectivity index (χ0v) is 23.4. The number of benzene rings is 2. The van der Waals surface area contributed by atoms with E-state index in [-0.39, 0.29) is 28.9 Å². The van der Waals surface area contributed by atoms with Crippen LogP contribution in [-0.2, 0) is 15.6 Å². The quantitative estimate of drug-likeness (QED) is 0.219. The van der Waals surface area contributed by atoms with E-state index in [2.05, 4.69) is 70.4 Å². The van der Waals surface area contributed by atoms with Crippen LogP contribution >= 0.6 is 11.6 Å². The van der Waals surface area contributed by atoms with Crippen molar-refractivity contribution in [3.63, 3.8) is 0 Å². The van der Waals surface area contributed by atoms with Crippen molar-refractivity contribution in [2.75, 3.05) is 17.2 Å². The lowest BCUT2D eigenvalue weighted by Crippen LogP contribution is -2.21. The fourth-order valence-electron chi connectivity index (χ4n) is 3.64. The number of carbonyl (C=O) groups excluding carboxylic acids is 1. The third kappa shape index (κ3) is 8.27. The number of halogens is 1. The van der Waals surface area contributed by atoms with E-state index in [1.807, 2.05) is 6.07 Å². The molecule has 0 spiro atoms. The summed E-state index contributed by atoms with van der Waals surface area (Å²) in [4.78, 5) is 12.5. The highest BCUT2D eigenvalue weighted by atomic mass is 35.5. The van der Waals surface area contributed by atoms with Gasteiger partial charge in [-0.2, -0.15) is 10.5 Å². The Bertz CT molecular complexity index is 1220. The Morgan fingerprint density at radius 1 is 1.03 bits per heavy atom. The summed E-state index contributed by atoms with van der Waals surface area (Å²) in [7, 11) is 0. The van der Waals surface area contributed by atoms with Crippen LogP contribution in [-0.4, -0.2) is 12.5 Å². The summed E-state index contributed by atoms with van der Waals surface area (Å²) in [5.41, 5.74) is 3.58. The number of rotatable bonds is 12. The maximum Gasteiger partial charge on any atom is 0.224 e. The van der Waals surface area contributed by atoms with Gasteiger partial charge in [0.15, 0.2) is 0 Å². The summed E-state index contributed by atoms with van der Waals surface area (Å²) in [5.74, 6) is 0.717. The number of carbonyl (C=O) groups is 1. The predicted octanol–water partition coefficient (Wildman–Crippen LogP) is 7.86. The van der Waals surface area contributed by atoms with E-state index >= 15 is 0 Å². The molecule has 0 radical (unpaired) electrons. The normalized spacial score (nSPS) is 11.9. The van der Waals surface area contributed by atoms with Crippen LogP contribution in [0.4, 0.5) is 11.4 Å². The molecule has 1 amide bonds.